The molecule has 1 aromatic carbocycles. The standard InChI is InChI=1S/C23H33NO2/c1-16(2)23(21(25)26)11-9-19(14-23)24-13-12-22(17(3)15-24)10-8-18-6-4-5-7-20(18)22/h4-7,16-17,19H,8-15H2,1-3H3,(H,25,26)/t17?,19?,22-,23?/m0/s1. The van der Waals surface area contributed by atoms with Gasteiger partial charge in [-0.3, -0.25) is 4.79 Å². The van der Waals surface area contributed by atoms with Gasteiger partial charge in [-0.2, -0.15) is 0 Å². The van der Waals surface area contributed by atoms with E-state index in [-0.39, 0.29) is 5.92 Å². The van der Waals surface area contributed by atoms with Crippen molar-refractivity contribution in [2.45, 2.75) is 70.8 Å². The fraction of sp³-hybridized carbons (Fsp3) is 0.696. The average Bonchev–Trinajstić information content (AvgIpc) is 3.22. The highest BCUT2D eigenvalue weighted by Gasteiger charge is 2.52. The van der Waals surface area contributed by atoms with Crippen LogP contribution in [-0.4, -0.2) is 35.1 Å². The summed E-state index contributed by atoms with van der Waals surface area (Å²) in [5, 5.41) is 9.86. The van der Waals surface area contributed by atoms with Gasteiger partial charge in [0.25, 0.3) is 0 Å². The number of likely N-dealkylation sites (tertiary alicyclic amines) is 1. The molecule has 0 amide bonds. The number of aliphatic carboxylic acids is 1. The molecule has 3 heteroatoms. The summed E-state index contributed by atoms with van der Waals surface area (Å²) in [5.74, 6) is 0.264. The lowest BCUT2D eigenvalue weighted by Crippen LogP contribution is -2.51. The topological polar surface area (TPSA) is 40.5 Å². The van der Waals surface area contributed by atoms with E-state index in [1.807, 2.05) is 0 Å². The van der Waals surface area contributed by atoms with Crippen LogP contribution < -0.4 is 0 Å². The molecule has 0 bridgehead atoms. The van der Waals surface area contributed by atoms with Crippen LogP contribution in [0.15, 0.2) is 24.3 Å². The largest absolute Gasteiger partial charge is 0.481 e. The zero-order chi connectivity index (χ0) is 18.5. The minimum Gasteiger partial charge on any atom is -0.481 e. The van der Waals surface area contributed by atoms with Gasteiger partial charge in [0.05, 0.1) is 5.41 Å². The number of hydrogen-bond donors (Lipinski definition) is 1. The third-order valence-electron chi connectivity index (χ3n) is 8.26. The first-order valence-corrected chi connectivity index (χ1v) is 10.4. The molecule has 1 saturated heterocycles. The molecule has 1 N–H and O–H groups in total. The van der Waals surface area contributed by atoms with E-state index >= 15 is 0 Å². The molecule has 0 radical (unpaired) electrons. The Labute approximate surface area is 157 Å². The molecule has 4 atom stereocenters. The van der Waals surface area contributed by atoms with Crippen molar-refractivity contribution in [1.29, 1.82) is 0 Å². The van der Waals surface area contributed by atoms with Crippen LogP contribution >= 0.6 is 0 Å². The van der Waals surface area contributed by atoms with E-state index < -0.39 is 11.4 Å². The number of piperidine rings is 1. The summed E-state index contributed by atoms with van der Waals surface area (Å²) in [6.45, 7) is 8.83. The van der Waals surface area contributed by atoms with Gasteiger partial charge in [-0.15, -0.1) is 0 Å². The fourth-order valence-electron chi connectivity index (χ4n) is 6.35. The molecule has 1 spiro atoms. The van der Waals surface area contributed by atoms with Gasteiger partial charge >= 0.3 is 5.97 Å². The summed E-state index contributed by atoms with van der Waals surface area (Å²) in [6, 6.07) is 9.49. The molecule has 142 valence electrons. The molecule has 1 aromatic rings. The number of hydrogen-bond acceptors (Lipinski definition) is 2. The minimum atomic E-state index is -0.582. The Balaban J connectivity index is 1.50. The number of benzene rings is 1. The van der Waals surface area contributed by atoms with Gasteiger partial charge in [-0.25, -0.2) is 0 Å². The normalized spacial score (nSPS) is 37.4. The summed E-state index contributed by atoms with van der Waals surface area (Å²) < 4.78 is 0. The van der Waals surface area contributed by atoms with E-state index in [2.05, 4.69) is 49.9 Å². The number of rotatable bonds is 3. The zero-order valence-corrected chi connectivity index (χ0v) is 16.5. The monoisotopic (exact) mass is 355 g/mol. The van der Waals surface area contributed by atoms with Crippen molar-refractivity contribution in [2.24, 2.45) is 17.3 Å². The molecule has 1 aliphatic heterocycles. The molecule has 4 rings (SSSR count). The Kier molecular flexibility index (Phi) is 4.42. The van der Waals surface area contributed by atoms with E-state index in [1.54, 1.807) is 11.1 Å². The molecule has 3 unspecified atom stereocenters. The fourth-order valence-corrected chi connectivity index (χ4v) is 6.35. The molecular weight excluding hydrogens is 322 g/mol. The highest BCUT2D eigenvalue weighted by molar-refractivity contribution is 5.75. The summed E-state index contributed by atoms with van der Waals surface area (Å²) in [7, 11) is 0. The molecule has 1 heterocycles. The van der Waals surface area contributed by atoms with Gasteiger partial charge in [0, 0.05) is 18.0 Å². The number of carboxylic acid groups (broad SMARTS) is 1. The van der Waals surface area contributed by atoms with E-state index in [4.69, 9.17) is 0 Å². The second-order valence-electron chi connectivity index (χ2n) is 9.47. The number of nitrogens with zero attached hydrogens (tertiary/aromatic N) is 1. The number of carboxylic acids is 1. The molecule has 0 aromatic heterocycles. The Hall–Kier alpha value is -1.35. The Morgan fingerprint density at radius 2 is 2.00 bits per heavy atom. The van der Waals surface area contributed by atoms with E-state index in [9.17, 15) is 9.90 Å². The van der Waals surface area contributed by atoms with E-state index in [0.29, 0.717) is 17.4 Å². The third kappa shape index (κ3) is 2.54. The first-order valence-electron chi connectivity index (χ1n) is 10.4. The van der Waals surface area contributed by atoms with Crippen molar-refractivity contribution in [3.8, 4) is 0 Å². The molecule has 26 heavy (non-hydrogen) atoms. The Morgan fingerprint density at radius 1 is 1.23 bits per heavy atom. The van der Waals surface area contributed by atoms with Crippen LogP contribution in [0.5, 0.6) is 0 Å². The second kappa shape index (κ2) is 6.37. The molecular formula is C23H33NO2. The minimum absolute atomic E-state index is 0.209. The number of fused-ring (bicyclic) bond motifs is 2. The molecule has 2 aliphatic carbocycles. The Morgan fingerprint density at radius 3 is 2.65 bits per heavy atom. The van der Waals surface area contributed by atoms with Crippen LogP contribution in [0.3, 0.4) is 0 Å². The highest BCUT2D eigenvalue weighted by atomic mass is 16.4. The zero-order valence-electron chi connectivity index (χ0n) is 16.5. The third-order valence-corrected chi connectivity index (χ3v) is 8.26. The van der Waals surface area contributed by atoms with Crippen molar-refractivity contribution in [1.82, 2.24) is 4.90 Å². The maximum absolute atomic E-state index is 12.0. The maximum atomic E-state index is 12.0. The Bertz CT molecular complexity index is 699. The number of aryl methyl sites for hydroxylation is 1. The lowest BCUT2D eigenvalue weighted by molar-refractivity contribution is -0.151. The van der Waals surface area contributed by atoms with Crippen LogP contribution in [0.2, 0.25) is 0 Å². The average molecular weight is 356 g/mol. The summed E-state index contributed by atoms with van der Waals surface area (Å²) in [4.78, 5) is 14.6. The van der Waals surface area contributed by atoms with Gasteiger partial charge in [0.15, 0.2) is 0 Å². The van der Waals surface area contributed by atoms with Gasteiger partial charge in [0.2, 0.25) is 0 Å². The van der Waals surface area contributed by atoms with Crippen LogP contribution in [0, 0.1) is 17.3 Å². The van der Waals surface area contributed by atoms with Crippen LogP contribution in [0.25, 0.3) is 0 Å². The van der Waals surface area contributed by atoms with Crippen molar-refractivity contribution in [2.75, 3.05) is 13.1 Å². The molecule has 3 nitrogen and oxygen atoms in total. The van der Waals surface area contributed by atoms with Gasteiger partial charge in [-0.05, 0) is 68.0 Å². The lowest BCUT2D eigenvalue weighted by atomic mass is 9.67. The van der Waals surface area contributed by atoms with Crippen molar-refractivity contribution in [3.63, 3.8) is 0 Å². The van der Waals surface area contributed by atoms with Gasteiger partial charge in [-0.1, -0.05) is 45.0 Å². The maximum Gasteiger partial charge on any atom is 0.309 e. The van der Waals surface area contributed by atoms with Crippen LogP contribution in [0.4, 0.5) is 0 Å². The first kappa shape index (κ1) is 18.0. The van der Waals surface area contributed by atoms with Gasteiger partial charge < -0.3 is 10.0 Å². The van der Waals surface area contributed by atoms with Crippen molar-refractivity contribution in [3.05, 3.63) is 35.4 Å². The highest BCUT2D eigenvalue weighted by Crippen LogP contribution is 2.51. The predicted octanol–water partition coefficient (Wildman–Crippen LogP) is 4.49. The van der Waals surface area contributed by atoms with Crippen molar-refractivity contribution >= 4 is 5.97 Å². The van der Waals surface area contributed by atoms with E-state index in [1.165, 1.54) is 19.3 Å². The second-order valence-corrected chi connectivity index (χ2v) is 9.47. The molecule has 1 saturated carbocycles. The SMILES string of the molecule is CC(C)C1(C(=O)O)CCC(N2CC[C@@]3(CCc4ccccc43)C(C)C2)C1. The van der Waals surface area contributed by atoms with E-state index in [0.717, 1.165) is 32.4 Å². The predicted molar refractivity (Wildman–Crippen MR) is 104 cm³/mol. The smallest absolute Gasteiger partial charge is 0.309 e. The van der Waals surface area contributed by atoms with Gasteiger partial charge in [0.1, 0.15) is 0 Å². The summed E-state index contributed by atoms with van der Waals surface area (Å²) >= 11 is 0. The molecule has 3 aliphatic rings. The number of carbonyl (C=O) groups is 1. The summed E-state index contributed by atoms with van der Waals surface area (Å²) in [5.41, 5.74) is 3.00. The van der Waals surface area contributed by atoms with Crippen molar-refractivity contribution < 1.29 is 9.90 Å². The lowest BCUT2D eigenvalue weighted by Gasteiger charge is -2.47. The first-order chi connectivity index (χ1) is 12.4. The van der Waals surface area contributed by atoms with Crippen LogP contribution in [-0.2, 0) is 16.6 Å². The van der Waals surface area contributed by atoms with Crippen LogP contribution in [0.1, 0.15) is 64.0 Å². The molecule has 2 fully saturated rings. The quantitative estimate of drug-likeness (QED) is 0.868. The summed E-state index contributed by atoms with van der Waals surface area (Å²) in [6.07, 6.45) is 6.44.